The van der Waals surface area contributed by atoms with E-state index in [1.165, 1.54) is 6.42 Å². The first kappa shape index (κ1) is 10.9. The average Bonchev–Trinajstić information content (AvgIpc) is 2.86. The molecule has 2 atom stereocenters. The third kappa shape index (κ3) is 2.92. The second kappa shape index (κ2) is 4.94. The zero-order valence-corrected chi connectivity index (χ0v) is 9.54. The predicted octanol–water partition coefficient (Wildman–Crippen LogP) is 2.48. The van der Waals surface area contributed by atoms with E-state index in [-0.39, 0.29) is 5.38 Å². The Balaban J connectivity index is 1.82. The molecule has 0 N–H and O–H groups in total. The lowest BCUT2D eigenvalue weighted by molar-refractivity contribution is 0.103. The van der Waals surface area contributed by atoms with E-state index < -0.39 is 0 Å². The van der Waals surface area contributed by atoms with Crippen LogP contribution in [0.1, 0.15) is 43.3 Å². The second-order valence-electron chi connectivity index (χ2n) is 3.82. The van der Waals surface area contributed by atoms with Gasteiger partial charge in [0.25, 0.3) is 0 Å². The van der Waals surface area contributed by atoms with Gasteiger partial charge in [-0.2, -0.15) is 0 Å². The second-order valence-corrected chi connectivity index (χ2v) is 4.48. The molecule has 1 aliphatic rings. The SMILES string of the molecule is CC(Cl)c1nnc(CCC2CCCO2)o1. The smallest absolute Gasteiger partial charge is 0.234 e. The minimum absolute atomic E-state index is 0.214. The molecule has 0 saturated carbocycles. The largest absolute Gasteiger partial charge is 0.424 e. The first-order chi connectivity index (χ1) is 7.25. The molecule has 0 aliphatic carbocycles. The Bertz CT molecular complexity index is 308. The van der Waals surface area contributed by atoms with E-state index >= 15 is 0 Å². The number of aromatic nitrogens is 2. The standard InChI is InChI=1S/C10H15ClN2O2/c1-7(11)10-13-12-9(15-10)5-4-8-3-2-6-14-8/h7-8H,2-6H2,1H3. The molecule has 2 heterocycles. The summed E-state index contributed by atoms with van der Waals surface area (Å²) in [5.41, 5.74) is 0. The van der Waals surface area contributed by atoms with Crippen LogP contribution in [-0.4, -0.2) is 22.9 Å². The van der Waals surface area contributed by atoms with Crippen LogP contribution in [0, 0.1) is 0 Å². The molecule has 2 rings (SSSR count). The Morgan fingerprint density at radius 1 is 1.53 bits per heavy atom. The highest BCUT2D eigenvalue weighted by atomic mass is 35.5. The minimum atomic E-state index is -0.214. The first-order valence-electron chi connectivity index (χ1n) is 5.33. The molecule has 0 aromatic carbocycles. The fourth-order valence-electron chi connectivity index (χ4n) is 1.68. The molecule has 2 unspecified atom stereocenters. The maximum atomic E-state index is 5.82. The van der Waals surface area contributed by atoms with Crippen molar-refractivity contribution in [1.82, 2.24) is 10.2 Å². The van der Waals surface area contributed by atoms with E-state index in [4.69, 9.17) is 20.8 Å². The summed E-state index contributed by atoms with van der Waals surface area (Å²) in [6.07, 6.45) is 4.42. The van der Waals surface area contributed by atoms with Gasteiger partial charge in [-0.25, -0.2) is 0 Å². The van der Waals surface area contributed by atoms with Crippen LogP contribution < -0.4 is 0 Å². The van der Waals surface area contributed by atoms with Crippen LogP contribution in [0.25, 0.3) is 0 Å². The van der Waals surface area contributed by atoms with Crippen molar-refractivity contribution >= 4 is 11.6 Å². The Morgan fingerprint density at radius 2 is 2.40 bits per heavy atom. The van der Waals surface area contributed by atoms with Crippen molar-refractivity contribution in [2.45, 2.75) is 44.1 Å². The summed E-state index contributed by atoms with van der Waals surface area (Å²) in [5.74, 6) is 1.16. The van der Waals surface area contributed by atoms with Gasteiger partial charge in [-0.05, 0) is 26.2 Å². The van der Waals surface area contributed by atoms with Crippen LogP contribution in [0.2, 0.25) is 0 Å². The normalized spacial score (nSPS) is 23.2. The zero-order chi connectivity index (χ0) is 10.7. The summed E-state index contributed by atoms with van der Waals surface area (Å²) in [6.45, 7) is 2.71. The predicted molar refractivity (Wildman–Crippen MR) is 55.9 cm³/mol. The Hall–Kier alpha value is -0.610. The molecule has 1 aromatic heterocycles. The van der Waals surface area contributed by atoms with E-state index in [1.807, 2.05) is 6.92 Å². The third-order valence-electron chi connectivity index (χ3n) is 2.53. The van der Waals surface area contributed by atoms with Crippen LogP contribution in [-0.2, 0) is 11.2 Å². The van der Waals surface area contributed by atoms with Crippen molar-refractivity contribution in [1.29, 1.82) is 0 Å². The topological polar surface area (TPSA) is 48.2 Å². The van der Waals surface area contributed by atoms with Crippen LogP contribution in [0.15, 0.2) is 4.42 Å². The molecule has 0 spiro atoms. The number of aryl methyl sites for hydroxylation is 1. The van der Waals surface area contributed by atoms with Gasteiger partial charge in [0.15, 0.2) is 0 Å². The van der Waals surface area contributed by atoms with Crippen molar-refractivity contribution in [2.24, 2.45) is 0 Å². The highest BCUT2D eigenvalue weighted by molar-refractivity contribution is 6.20. The molecule has 15 heavy (non-hydrogen) atoms. The van der Waals surface area contributed by atoms with Crippen molar-refractivity contribution in [3.63, 3.8) is 0 Å². The van der Waals surface area contributed by atoms with Gasteiger partial charge in [-0.3, -0.25) is 0 Å². The van der Waals surface area contributed by atoms with Gasteiger partial charge < -0.3 is 9.15 Å². The molecule has 5 heteroatoms. The number of halogens is 1. The summed E-state index contributed by atoms with van der Waals surface area (Å²) < 4.78 is 10.9. The molecular weight excluding hydrogens is 216 g/mol. The molecule has 1 saturated heterocycles. The van der Waals surface area contributed by atoms with Gasteiger partial charge in [0, 0.05) is 13.0 Å². The van der Waals surface area contributed by atoms with Crippen LogP contribution in [0.5, 0.6) is 0 Å². The van der Waals surface area contributed by atoms with Crippen LogP contribution in [0.3, 0.4) is 0 Å². The van der Waals surface area contributed by atoms with E-state index in [9.17, 15) is 0 Å². The van der Waals surface area contributed by atoms with E-state index in [0.29, 0.717) is 17.9 Å². The molecule has 1 fully saturated rings. The molecule has 0 amide bonds. The number of nitrogens with zero attached hydrogens (tertiary/aromatic N) is 2. The van der Waals surface area contributed by atoms with Crippen molar-refractivity contribution in [2.75, 3.05) is 6.61 Å². The maximum absolute atomic E-state index is 5.82. The van der Waals surface area contributed by atoms with Crippen molar-refractivity contribution in [3.8, 4) is 0 Å². The van der Waals surface area contributed by atoms with Gasteiger partial charge in [0.1, 0.15) is 5.38 Å². The lowest BCUT2D eigenvalue weighted by Gasteiger charge is -2.05. The molecular formula is C10H15ClN2O2. The van der Waals surface area contributed by atoms with E-state index in [0.717, 1.165) is 25.9 Å². The molecule has 1 aliphatic heterocycles. The zero-order valence-electron chi connectivity index (χ0n) is 8.78. The average molecular weight is 231 g/mol. The highest BCUT2D eigenvalue weighted by Crippen LogP contribution is 2.20. The summed E-state index contributed by atoms with van der Waals surface area (Å²) in [5, 5.41) is 7.60. The monoisotopic (exact) mass is 230 g/mol. The number of hydrogen-bond donors (Lipinski definition) is 0. The van der Waals surface area contributed by atoms with Gasteiger partial charge in [0.05, 0.1) is 6.10 Å². The van der Waals surface area contributed by atoms with Crippen LogP contribution in [0.4, 0.5) is 0 Å². The number of rotatable bonds is 4. The Kier molecular flexibility index (Phi) is 3.59. The van der Waals surface area contributed by atoms with Crippen LogP contribution >= 0.6 is 11.6 Å². The third-order valence-corrected chi connectivity index (χ3v) is 2.71. The van der Waals surface area contributed by atoms with Gasteiger partial charge in [-0.1, -0.05) is 0 Å². The molecule has 4 nitrogen and oxygen atoms in total. The first-order valence-corrected chi connectivity index (χ1v) is 5.77. The quantitative estimate of drug-likeness (QED) is 0.746. The van der Waals surface area contributed by atoms with E-state index in [1.54, 1.807) is 0 Å². The molecule has 0 bridgehead atoms. The Labute approximate surface area is 94.0 Å². The fourth-order valence-corrected chi connectivity index (χ4v) is 1.77. The fraction of sp³-hybridized carbons (Fsp3) is 0.800. The van der Waals surface area contributed by atoms with Gasteiger partial charge >= 0.3 is 0 Å². The number of hydrogen-bond acceptors (Lipinski definition) is 4. The molecule has 1 aromatic rings. The number of alkyl halides is 1. The molecule has 0 radical (unpaired) electrons. The van der Waals surface area contributed by atoms with Gasteiger partial charge in [-0.15, -0.1) is 21.8 Å². The van der Waals surface area contributed by atoms with E-state index in [2.05, 4.69) is 10.2 Å². The van der Waals surface area contributed by atoms with Crippen molar-refractivity contribution in [3.05, 3.63) is 11.8 Å². The summed E-state index contributed by atoms with van der Waals surface area (Å²) in [6, 6.07) is 0. The summed E-state index contributed by atoms with van der Waals surface area (Å²) in [7, 11) is 0. The Morgan fingerprint density at radius 3 is 3.00 bits per heavy atom. The summed E-state index contributed by atoms with van der Waals surface area (Å²) in [4.78, 5) is 0. The maximum Gasteiger partial charge on any atom is 0.234 e. The van der Waals surface area contributed by atoms with Gasteiger partial charge in [0.2, 0.25) is 11.8 Å². The highest BCUT2D eigenvalue weighted by Gasteiger charge is 2.17. The summed E-state index contributed by atoms with van der Waals surface area (Å²) >= 11 is 5.82. The lowest BCUT2D eigenvalue weighted by atomic mass is 10.1. The minimum Gasteiger partial charge on any atom is -0.424 e. The molecule has 84 valence electrons. The lowest BCUT2D eigenvalue weighted by Crippen LogP contribution is -2.06. The number of ether oxygens (including phenoxy) is 1. The van der Waals surface area contributed by atoms with Crippen molar-refractivity contribution < 1.29 is 9.15 Å².